The highest BCUT2D eigenvalue weighted by Gasteiger charge is 2.03. The van der Waals surface area contributed by atoms with Crippen molar-refractivity contribution >= 4 is 11.6 Å². The highest BCUT2D eigenvalue weighted by molar-refractivity contribution is 5.80. The fraction of sp³-hybridized carbons (Fsp3) is 0.632. The molecule has 0 bridgehead atoms. The van der Waals surface area contributed by atoms with E-state index in [2.05, 4.69) is 31.4 Å². The molecule has 1 atom stereocenters. The van der Waals surface area contributed by atoms with Gasteiger partial charge in [0.15, 0.2) is 0 Å². The molecular weight excluding hydrogens is 288 g/mol. The van der Waals surface area contributed by atoms with Crippen LogP contribution in [0.25, 0.3) is 0 Å². The van der Waals surface area contributed by atoms with Crippen molar-refractivity contribution in [2.45, 2.75) is 65.4 Å². The molecule has 4 nitrogen and oxygen atoms in total. The van der Waals surface area contributed by atoms with E-state index >= 15 is 0 Å². The number of nitrogens with one attached hydrogen (secondary N) is 2. The van der Waals surface area contributed by atoms with Crippen molar-refractivity contribution in [2.75, 3.05) is 18.4 Å². The molecule has 0 aliphatic carbocycles. The van der Waals surface area contributed by atoms with Crippen LogP contribution in [0.3, 0.4) is 0 Å². The van der Waals surface area contributed by atoms with Gasteiger partial charge in [0.05, 0.1) is 12.6 Å². The molecule has 2 N–H and O–H groups in total. The molecule has 0 radical (unpaired) electrons. The molecule has 0 spiro atoms. The molecule has 23 heavy (non-hydrogen) atoms. The van der Waals surface area contributed by atoms with E-state index in [-0.39, 0.29) is 12.0 Å². The first-order chi connectivity index (χ1) is 11.2. The Labute approximate surface area is 141 Å². The lowest BCUT2D eigenvalue weighted by atomic mass is 10.1. The topological polar surface area (TPSA) is 50.4 Å². The van der Waals surface area contributed by atoms with Crippen LogP contribution in [-0.4, -0.2) is 25.1 Å². The molecule has 1 aromatic rings. The Morgan fingerprint density at radius 2 is 1.78 bits per heavy atom. The fourth-order valence-electron chi connectivity index (χ4n) is 2.17. The summed E-state index contributed by atoms with van der Waals surface area (Å²) in [7, 11) is 0. The number of anilines is 1. The van der Waals surface area contributed by atoms with Crippen LogP contribution in [0.15, 0.2) is 24.3 Å². The summed E-state index contributed by atoms with van der Waals surface area (Å²) in [6, 6.07) is 7.74. The van der Waals surface area contributed by atoms with Gasteiger partial charge in [-0.05, 0) is 44.0 Å². The summed E-state index contributed by atoms with van der Waals surface area (Å²) < 4.78 is 5.73. The Bertz CT molecular complexity index is 432. The van der Waals surface area contributed by atoms with Crippen LogP contribution in [0.2, 0.25) is 0 Å². The Balaban J connectivity index is 2.17. The molecule has 0 fully saturated rings. The molecule has 0 saturated heterocycles. The second-order valence-corrected chi connectivity index (χ2v) is 5.98. The maximum absolute atomic E-state index is 11.8. The molecule has 1 aromatic carbocycles. The van der Waals surface area contributed by atoms with Crippen LogP contribution >= 0.6 is 0 Å². The van der Waals surface area contributed by atoms with Gasteiger partial charge in [0.2, 0.25) is 5.91 Å². The zero-order valence-corrected chi connectivity index (χ0v) is 14.9. The van der Waals surface area contributed by atoms with Gasteiger partial charge in [-0.2, -0.15) is 0 Å². The third kappa shape index (κ3) is 9.11. The van der Waals surface area contributed by atoms with Gasteiger partial charge in [-0.25, -0.2) is 0 Å². The standard InChI is InChI=1S/C19H32N2O2/c1-4-6-7-8-9-14-20-19(22)15-21-17-10-12-18(13-11-17)23-16(3)5-2/h10-13,16,21H,4-9,14-15H2,1-3H3,(H,20,22). The summed E-state index contributed by atoms with van der Waals surface area (Å²) in [6.07, 6.45) is 7.25. The number of carbonyl (C=O) groups excluding carboxylic acids is 1. The number of hydrogen-bond acceptors (Lipinski definition) is 3. The van der Waals surface area contributed by atoms with Gasteiger partial charge in [-0.1, -0.05) is 39.5 Å². The Hall–Kier alpha value is -1.71. The average Bonchev–Trinajstić information content (AvgIpc) is 2.57. The number of hydrogen-bond donors (Lipinski definition) is 2. The molecule has 0 saturated carbocycles. The molecule has 130 valence electrons. The van der Waals surface area contributed by atoms with Crippen LogP contribution in [-0.2, 0) is 4.79 Å². The second kappa shape index (κ2) is 11.8. The van der Waals surface area contributed by atoms with Crippen molar-refractivity contribution in [3.8, 4) is 5.75 Å². The van der Waals surface area contributed by atoms with E-state index in [1.165, 1.54) is 25.7 Å². The van der Waals surface area contributed by atoms with Crippen molar-refractivity contribution in [2.24, 2.45) is 0 Å². The van der Waals surface area contributed by atoms with E-state index in [1.54, 1.807) is 0 Å². The quantitative estimate of drug-likeness (QED) is 0.563. The molecular formula is C19H32N2O2. The van der Waals surface area contributed by atoms with Gasteiger partial charge < -0.3 is 15.4 Å². The normalized spacial score (nSPS) is 11.8. The van der Waals surface area contributed by atoms with Crippen molar-refractivity contribution in [1.82, 2.24) is 5.32 Å². The van der Waals surface area contributed by atoms with Crippen LogP contribution in [0, 0.1) is 0 Å². The number of unbranched alkanes of at least 4 members (excludes halogenated alkanes) is 4. The lowest BCUT2D eigenvalue weighted by Gasteiger charge is -2.13. The van der Waals surface area contributed by atoms with Gasteiger partial charge in [0.1, 0.15) is 5.75 Å². The highest BCUT2D eigenvalue weighted by Crippen LogP contribution is 2.17. The van der Waals surface area contributed by atoms with E-state index in [1.807, 2.05) is 24.3 Å². The number of amides is 1. The summed E-state index contributed by atoms with van der Waals surface area (Å²) in [5.41, 5.74) is 0.930. The molecule has 4 heteroatoms. The molecule has 0 aliphatic rings. The predicted molar refractivity (Wildman–Crippen MR) is 97.1 cm³/mol. The first-order valence-corrected chi connectivity index (χ1v) is 8.93. The van der Waals surface area contributed by atoms with Crippen molar-refractivity contribution in [3.05, 3.63) is 24.3 Å². The minimum Gasteiger partial charge on any atom is -0.491 e. The number of carbonyl (C=O) groups is 1. The van der Waals surface area contributed by atoms with Crippen molar-refractivity contribution in [3.63, 3.8) is 0 Å². The molecule has 1 rings (SSSR count). The lowest BCUT2D eigenvalue weighted by Crippen LogP contribution is -2.30. The fourth-order valence-corrected chi connectivity index (χ4v) is 2.17. The number of ether oxygens (including phenoxy) is 1. The largest absolute Gasteiger partial charge is 0.491 e. The second-order valence-electron chi connectivity index (χ2n) is 5.98. The average molecular weight is 320 g/mol. The third-order valence-electron chi connectivity index (χ3n) is 3.82. The summed E-state index contributed by atoms with van der Waals surface area (Å²) in [4.78, 5) is 11.8. The molecule has 1 unspecified atom stereocenters. The van der Waals surface area contributed by atoms with Crippen LogP contribution in [0.4, 0.5) is 5.69 Å². The van der Waals surface area contributed by atoms with Crippen LogP contribution < -0.4 is 15.4 Å². The molecule has 1 amide bonds. The maximum atomic E-state index is 11.8. The Morgan fingerprint density at radius 3 is 2.43 bits per heavy atom. The molecule has 0 aromatic heterocycles. The van der Waals surface area contributed by atoms with E-state index in [0.717, 1.165) is 30.8 Å². The van der Waals surface area contributed by atoms with E-state index in [4.69, 9.17) is 4.74 Å². The lowest BCUT2D eigenvalue weighted by molar-refractivity contribution is -0.119. The zero-order chi connectivity index (χ0) is 16.9. The highest BCUT2D eigenvalue weighted by atomic mass is 16.5. The van der Waals surface area contributed by atoms with Crippen molar-refractivity contribution in [1.29, 1.82) is 0 Å². The summed E-state index contributed by atoms with van der Waals surface area (Å²) in [5, 5.41) is 6.08. The Morgan fingerprint density at radius 1 is 1.09 bits per heavy atom. The van der Waals surface area contributed by atoms with Crippen LogP contribution in [0.5, 0.6) is 5.75 Å². The molecule has 0 aliphatic heterocycles. The predicted octanol–water partition coefficient (Wildman–Crippen LogP) is 4.36. The number of rotatable bonds is 12. The van der Waals surface area contributed by atoms with Crippen LogP contribution in [0.1, 0.15) is 59.3 Å². The van der Waals surface area contributed by atoms with Gasteiger partial charge in [-0.3, -0.25) is 4.79 Å². The zero-order valence-electron chi connectivity index (χ0n) is 14.9. The summed E-state index contributed by atoms with van der Waals surface area (Å²) in [5.74, 6) is 0.904. The molecule has 0 heterocycles. The van der Waals surface area contributed by atoms with Crippen molar-refractivity contribution < 1.29 is 9.53 Å². The van der Waals surface area contributed by atoms with E-state index < -0.39 is 0 Å². The third-order valence-corrected chi connectivity index (χ3v) is 3.82. The monoisotopic (exact) mass is 320 g/mol. The minimum atomic E-state index is 0.0421. The summed E-state index contributed by atoms with van der Waals surface area (Å²) >= 11 is 0. The van der Waals surface area contributed by atoms with Gasteiger partial charge in [0, 0.05) is 12.2 Å². The van der Waals surface area contributed by atoms with Gasteiger partial charge in [-0.15, -0.1) is 0 Å². The Kier molecular flexibility index (Phi) is 9.92. The van der Waals surface area contributed by atoms with Gasteiger partial charge in [0.25, 0.3) is 0 Å². The first-order valence-electron chi connectivity index (χ1n) is 8.93. The number of benzene rings is 1. The summed E-state index contributed by atoms with van der Waals surface area (Å²) in [6.45, 7) is 7.44. The first kappa shape index (κ1) is 19.3. The smallest absolute Gasteiger partial charge is 0.239 e. The van der Waals surface area contributed by atoms with E-state index in [0.29, 0.717) is 6.54 Å². The van der Waals surface area contributed by atoms with E-state index in [9.17, 15) is 4.79 Å². The SMILES string of the molecule is CCCCCCCNC(=O)CNc1ccc(OC(C)CC)cc1. The van der Waals surface area contributed by atoms with Gasteiger partial charge >= 0.3 is 0 Å². The maximum Gasteiger partial charge on any atom is 0.239 e. The minimum absolute atomic E-state index is 0.0421.